The Kier molecular flexibility index (Phi) is 6.72. The summed E-state index contributed by atoms with van der Waals surface area (Å²) in [5, 5.41) is 3.02. The van der Waals surface area contributed by atoms with Gasteiger partial charge in [0.05, 0.1) is 23.2 Å². The highest BCUT2D eigenvalue weighted by Gasteiger charge is 2.36. The predicted molar refractivity (Wildman–Crippen MR) is 115 cm³/mol. The number of piperidine rings is 1. The summed E-state index contributed by atoms with van der Waals surface area (Å²) < 4.78 is 28.3. The van der Waals surface area contributed by atoms with Gasteiger partial charge in [-0.1, -0.05) is 24.1 Å². The van der Waals surface area contributed by atoms with Gasteiger partial charge in [0.15, 0.2) is 0 Å². The van der Waals surface area contributed by atoms with Crippen LogP contribution < -0.4 is 5.32 Å². The van der Waals surface area contributed by atoms with Crippen molar-refractivity contribution in [1.82, 2.24) is 19.2 Å². The molecule has 0 saturated carbocycles. The third-order valence-corrected chi connectivity index (χ3v) is 7.29. The first kappa shape index (κ1) is 22.2. The van der Waals surface area contributed by atoms with E-state index in [0.29, 0.717) is 36.8 Å². The first-order valence-corrected chi connectivity index (χ1v) is 11.5. The van der Waals surface area contributed by atoms with Crippen LogP contribution in [0.4, 0.5) is 5.82 Å². The number of nitrogens with zero attached hydrogens (tertiary/aromatic N) is 4. The van der Waals surface area contributed by atoms with Gasteiger partial charge in [-0.3, -0.25) is 4.79 Å². The molecule has 1 aromatic heterocycles. The summed E-state index contributed by atoms with van der Waals surface area (Å²) >= 11 is 0. The Morgan fingerprint density at radius 3 is 2.57 bits per heavy atom. The van der Waals surface area contributed by atoms with Crippen molar-refractivity contribution in [1.29, 1.82) is 0 Å². The van der Waals surface area contributed by atoms with Gasteiger partial charge in [0.25, 0.3) is 0 Å². The molecule has 1 N–H and O–H groups in total. The van der Waals surface area contributed by atoms with Gasteiger partial charge in [-0.05, 0) is 31.9 Å². The van der Waals surface area contributed by atoms with Gasteiger partial charge in [-0.25, -0.2) is 18.4 Å². The molecule has 162 valence electrons. The second-order valence-electron chi connectivity index (χ2n) is 7.67. The number of anilines is 1. The molecule has 1 aromatic carbocycles. The van der Waals surface area contributed by atoms with Crippen LogP contribution in [0.25, 0.3) is 0 Å². The standard InChI is InChI=1S/C21H29N5O3S/c1-15-8-10-18(11-9-15)30(28,29)26-12-6-5-7-19(26)21-23-17(13-20(22-3)24-21)14-25(4)16(2)27/h8-11,13,19H,5-7,12,14H2,1-4H3,(H,22,23,24)/t19-/m1/s1. The lowest BCUT2D eigenvalue weighted by Crippen LogP contribution is -2.39. The third-order valence-electron chi connectivity index (χ3n) is 5.37. The number of aromatic nitrogens is 2. The van der Waals surface area contributed by atoms with Crippen molar-refractivity contribution < 1.29 is 13.2 Å². The zero-order valence-corrected chi connectivity index (χ0v) is 18.7. The molecule has 0 spiro atoms. The third kappa shape index (κ3) is 4.79. The molecule has 1 saturated heterocycles. The fourth-order valence-electron chi connectivity index (χ4n) is 3.53. The zero-order chi connectivity index (χ0) is 21.9. The molecular weight excluding hydrogens is 402 g/mol. The Morgan fingerprint density at radius 2 is 1.93 bits per heavy atom. The highest BCUT2D eigenvalue weighted by atomic mass is 32.2. The van der Waals surface area contributed by atoms with Crippen LogP contribution in [0.5, 0.6) is 0 Å². The SMILES string of the molecule is CNc1cc(CN(C)C(C)=O)nc([C@H]2CCCCN2S(=O)(=O)c2ccc(C)cc2)n1. The lowest BCUT2D eigenvalue weighted by Gasteiger charge is -2.34. The average Bonchev–Trinajstić information content (AvgIpc) is 2.73. The van der Waals surface area contributed by atoms with Crippen molar-refractivity contribution in [2.24, 2.45) is 0 Å². The van der Waals surface area contributed by atoms with Gasteiger partial charge in [0.1, 0.15) is 11.6 Å². The number of nitrogens with one attached hydrogen (secondary N) is 1. The Morgan fingerprint density at radius 1 is 1.23 bits per heavy atom. The molecule has 0 unspecified atom stereocenters. The molecule has 30 heavy (non-hydrogen) atoms. The highest BCUT2D eigenvalue weighted by Crippen LogP contribution is 2.34. The van der Waals surface area contributed by atoms with Crippen molar-refractivity contribution in [3.05, 3.63) is 47.4 Å². The van der Waals surface area contributed by atoms with Crippen molar-refractivity contribution in [2.45, 2.75) is 50.6 Å². The number of rotatable bonds is 6. The molecule has 9 heteroatoms. The summed E-state index contributed by atoms with van der Waals surface area (Å²) in [5.74, 6) is 0.997. The van der Waals surface area contributed by atoms with Gasteiger partial charge < -0.3 is 10.2 Å². The normalized spacial score (nSPS) is 17.5. The van der Waals surface area contributed by atoms with E-state index in [2.05, 4.69) is 15.3 Å². The lowest BCUT2D eigenvalue weighted by molar-refractivity contribution is -0.128. The van der Waals surface area contributed by atoms with Crippen molar-refractivity contribution in [2.75, 3.05) is 26.0 Å². The van der Waals surface area contributed by atoms with E-state index >= 15 is 0 Å². The summed E-state index contributed by atoms with van der Waals surface area (Å²) in [5.41, 5.74) is 1.67. The van der Waals surface area contributed by atoms with Gasteiger partial charge in [0, 0.05) is 33.6 Å². The molecule has 1 fully saturated rings. The van der Waals surface area contributed by atoms with Crippen LogP contribution >= 0.6 is 0 Å². The molecule has 0 bridgehead atoms. The maximum Gasteiger partial charge on any atom is 0.243 e. The second-order valence-corrected chi connectivity index (χ2v) is 9.56. The molecule has 8 nitrogen and oxygen atoms in total. The maximum atomic E-state index is 13.4. The van der Waals surface area contributed by atoms with Crippen LogP contribution in [0.3, 0.4) is 0 Å². The number of sulfonamides is 1. The Labute approximate surface area is 178 Å². The molecule has 2 aromatic rings. The van der Waals surface area contributed by atoms with E-state index < -0.39 is 16.1 Å². The monoisotopic (exact) mass is 431 g/mol. The Bertz CT molecular complexity index is 1010. The summed E-state index contributed by atoms with van der Waals surface area (Å²) in [6.45, 7) is 4.18. The van der Waals surface area contributed by atoms with Gasteiger partial charge >= 0.3 is 0 Å². The van der Waals surface area contributed by atoms with E-state index in [1.54, 1.807) is 49.3 Å². The fourth-order valence-corrected chi connectivity index (χ4v) is 5.18. The topological polar surface area (TPSA) is 95.5 Å². The van der Waals surface area contributed by atoms with E-state index in [1.165, 1.54) is 11.2 Å². The minimum atomic E-state index is -3.68. The molecule has 1 amide bonds. The number of hydrogen-bond donors (Lipinski definition) is 1. The molecule has 0 aliphatic carbocycles. The number of amides is 1. The van der Waals surface area contributed by atoms with Crippen LogP contribution in [-0.4, -0.2) is 54.1 Å². The average molecular weight is 432 g/mol. The van der Waals surface area contributed by atoms with E-state index in [-0.39, 0.29) is 10.8 Å². The first-order valence-electron chi connectivity index (χ1n) is 10.1. The van der Waals surface area contributed by atoms with Crippen LogP contribution in [0, 0.1) is 6.92 Å². The van der Waals surface area contributed by atoms with Crippen molar-refractivity contribution in [3.63, 3.8) is 0 Å². The van der Waals surface area contributed by atoms with Gasteiger partial charge in [0.2, 0.25) is 15.9 Å². The van der Waals surface area contributed by atoms with E-state index in [9.17, 15) is 13.2 Å². The number of carbonyl (C=O) groups excluding carboxylic acids is 1. The van der Waals surface area contributed by atoms with E-state index in [4.69, 9.17) is 0 Å². The smallest absolute Gasteiger partial charge is 0.243 e. The molecule has 1 aliphatic heterocycles. The Hall–Kier alpha value is -2.52. The second kappa shape index (κ2) is 9.09. The molecule has 1 aliphatic rings. The number of aryl methyl sites for hydroxylation is 1. The fraction of sp³-hybridized carbons (Fsp3) is 0.476. The van der Waals surface area contributed by atoms with Crippen LogP contribution in [0.1, 0.15) is 49.3 Å². The van der Waals surface area contributed by atoms with Crippen molar-refractivity contribution >= 4 is 21.7 Å². The quantitative estimate of drug-likeness (QED) is 0.756. The lowest BCUT2D eigenvalue weighted by atomic mass is 10.0. The summed E-state index contributed by atoms with van der Waals surface area (Å²) in [6, 6.07) is 8.24. The minimum Gasteiger partial charge on any atom is -0.373 e. The first-order chi connectivity index (χ1) is 14.2. The number of hydrogen-bond acceptors (Lipinski definition) is 6. The predicted octanol–water partition coefficient (Wildman–Crippen LogP) is 2.72. The largest absolute Gasteiger partial charge is 0.373 e. The molecule has 2 heterocycles. The highest BCUT2D eigenvalue weighted by molar-refractivity contribution is 7.89. The zero-order valence-electron chi connectivity index (χ0n) is 17.9. The molecular formula is C21H29N5O3S. The van der Waals surface area contributed by atoms with Crippen LogP contribution in [0.15, 0.2) is 35.2 Å². The van der Waals surface area contributed by atoms with Gasteiger partial charge in [-0.15, -0.1) is 0 Å². The number of benzene rings is 1. The van der Waals surface area contributed by atoms with E-state index in [0.717, 1.165) is 18.4 Å². The molecule has 0 radical (unpaired) electrons. The number of carbonyl (C=O) groups is 1. The minimum absolute atomic E-state index is 0.0672. The maximum absolute atomic E-state index is 13.4. The molecule has 3 rings (SSSR count). The Balaban J connectivity index is 1.99. The van der Waals surface area contributed by atoms with Gasteiger partial charge in [-0.2, -0.15) is 4.31 Å². The van der Waals surface area contributed by atoms with Crippen molar-refractivity contribution in [3.8, 4) is 0 Å². The summed E-state index contributed by atoms with van der Waals surface area (Å²) in [7, 11) is -0.214. The molecule has 1 atom stereocenters. The summed E-state index contributed by atoms with van der Waals surface area (Å²) in [6.07, 6.45) is 2.36. The van der Waals surface area contributed by atoms with Crippen LogP contribution in [0.2, 0.25) is 0 Å². The summed E-state index contributed by atoms with van der Waals surface area (Å²) in [4.78, 5) is 22.7. The van der Waals surface area contributed by atoms with Crippen LogP contribution in [-0.2, 0) is 21.4 Å². The van der Waals surface area contributed by atoms with E-state index in [1.807, 2.05) is 6.92 Å².